The van der Waals surface area contributed by atoms with Gasteiger partial charge in [-0.1, -0.05) is 50.1 Å². The van der Waals surface area contributed by atoms with Crippen LogP contribution in [0.1, 0.15) is 42.1 Å². The maximum atomic E-state index is 14.1. The van der Waals surface area contributed by atoms with Crippen molar-refractivity contribution in [2.45, 2.75) is 32.6 Å². The monoisotopic (exact) mass is 322 g/mol. The summed E-state index contributed by atoms with van der Waals surface area (Å²) in [5, 5.41) is -1.01. The van der Waals surface area contributed by atoms with Crippen molar-refractivity contribution >= 4 is 16.8 Å². The molecule has 0 amide bonds. The van der Waals surface area contributed by atoms with Crippen LogP contribution in [0.3, 0.4) is 0 Å². The molecule has 0 heterocycles. The average molecular weight is 323 g/mol. The van der Waals surface area contributed by atoms with Gasteiger partial charge in [0.15, 0.2) is 11.6 Å². The molecule has 2 aromatic carbocycles. The standard InChI is InChI=1S/C18H17ClF2O/c1-2-3-4-5-12-6-8-13(9-7-12)14-10-11-15(18(19)22)17(21)16(14)20/h6-11H,2-5H2,1H3. The van der Waals surface area contributed by atoms with Crippen LogP contribution in [-0.2, 0) is 6.42 Å². The molecule has 0 atom stereocenters. The second-order valence-electron chi connectivity index (χ2n) is 5.22. The van der Waals surface area contributed by atoms with Crippen LogP contribution in [0.25, 0.3) is 11.1 Å². The summed E-state index contributed by atoms with van der Waals surface area (Å²) in [5.74, 6) is -2.25. The van der Waals surface area contributed by atoms with Crippen molar-refractivity contribution in [2.24, 2.45) is 0 Å². The second kappa shape index (κ2) is 7.50. The minimum atomic E-state index is -1.20. The van der Waals surface area contributed by atoms with Crippen LogP contribution in [0.4, 0.5) is 8.78 Å². The molecule has 0 unspecified atom stereocenters. The van der Waals surface area contributed by atoms with E-state index in [1.807, 2.05) is 12.1 Å². The van der Waals surface area contributed by atoms with E-state index in [9.17, 15) is 13.6 Å². The summed E-state index contributed by atoms with van der Waals surface area (Å²) in [6, 6.07) is 9.95. The van der Waals surface area contributed by atoms with Crippen LogP contribution in [0.5, 0.6) is 0 Å². The third-order valence-electron chi connectivity index (χ3n) is 3.63. The highest BCUT2D eigenvalue weighted by Gasteiger charge is 2.18. The maximum absolute atomic E-state index is 14.1. The Labute approximate surface area is 133 Å². The van der Waals surface area contributed by atoms with E-state index in [1.54, 1.807) is 12.1 Å². The normalized spacial score (nSPS) is 10.7. The molecule has 2 aromatic rings. The molecule has 2 rings (SSSR count). The zero-order valence-corrected chi connectivity index (χ0v) is 13.1. The Balaban J connectivity index is 2.25. The van der Waals surface area contributed by atoms with Crippen molar-refractivity contribution in [1.29, 1.82) is 0 Å². The Morgan fingerprint density at radius 2 is 1.68 bits per heavy atom. The minimum absolute atomic E-state index is 0.124. The molecule has 0 aromatic heterocycles. The average Bonchev–Trinajstić information content (AvgIpc) is 2.51. The van der Waals surface area contributed by atoms with E-state index in [4.69, 9.17) is 11.6 Å². The summed E-state index contributed by atoms with van der Waals surface area (Å²) in [5.41, 5.74) is 1.42. The van der Waals surface area contributed by atoms with E-state index in [2.05, 4.69) is 6.92 Å². The van der Waals surface area contributed by atoms with E-state index < -0.39 is 22.4 Å². The fourth-order valence-corrected chi connectivity index (χ4v) is 2.50. The van der Waals surface area contributed by atoms with Crippen molar-refractivity contribution in [1.82, 2.24) is 0 Å². The van der Waals surface area contributed by atoms with Crippen molar-refractivity contribution in [3.8, 4) is 11.1 Å². The van der Waals surface area contributed by atoms with E-state index in [0.717, 1.165) is 19.3 Å². The van der Waals surface area contributed by atoms with Crippen LogP contribution < -0.4 is 0 Å². The van der Waals surface area contributed by atoms with Gasteiger partial charge in [-0.15, -0.1) is 0 Å². The zero-order valence-electron chi connectivity index (χ0n) is 12.3. The quantitative estimate of drug-likeness (QED) is 0.489. The number of benzene rings is 2. The Hall–Kier alpha value is -1.74. The summed E-state index contributed by atoms with van der Waals surface area (Å²) >= 11 is 5.21. The highest BCUT2D eigenvalue weighted by molar-refractivity contribution is 6.67. The number of halogens is 3. The number of hydrogen-bond donors (Lipinski definition) is 0. The molecule has 0 saturated carbocycles. The third-order valence-corrected chi connectivity index (χ3v) is 3.83. The lowest BCUT2D eigenvalue weighted by Crippen LogP contribution is -2.00. The maximum Gasteiger partial charge on any atom is 0.255 e. The Morgan fingerprint density at radius 1 is 1.00 bits per heavy atom. The zero-order chi connectivity index (χ0) is 16.1. The topological polar surface area (TPSA) is 17.1 Å². The minimum Gasteiger partial charge on any atom is -0.275 e. The second-order valence-corrected chi connectivity index (χ2v) is 5.56. The SMILES string of the molecule is CCCCCc1ccc(-c2ccc(C(=O)Cl)c(F)c2F)cc1. The molecule has 0 aliphatic heterocycles. The van der Waals surface area contributed by atoms with Gasteiger partial charge in [0.1, 0.15) is 0 Å². The smallest absolute Gasteiger partial charge is 0.255 e. The van der Waals surface area contributed by atoms with Gasteiger partial charge in [-0.05, 0) is 41.6 Å². The van der Waals surface area contributed by atoms with Gasteiger partial charge < -0.3 is 0 Å². The number of carbonyl (C=O) groups excluding carboxylic acids is 1. The van der Waals surface area contributed by atoms with Gasteiger partial charge in [0.05, 0.1) is 5.56 Å². The lowest BCUT2D eigenvalue weighted by atomic mass is 9.99. The van der Waals surface area contributed by atoms with Gasteiger partial charge in [-0.3, -0.25) is 4.79 Å². The fourth-order valence-electron chi connectivity index (χ4n) is 2.35. The summed E-state index contributed by atoms with van der Waals surface area (Å²) in [6.45, 7) is 2.15. The number of carbonyl (C=O) groups is 1. The highest BCUT2D eigenvalue weighted by atomic mass is 35.5. The van der Waals surface area contributed by atoms with Crippen LogP contribution in [0.15, 0.2) is 36.4 Å². The molecule has 0 bridgehead atoms. The predicted molar refractivity (Wildman–Crippen MR) is 85.2 cm³/mol. The first-order chi connectivity index (χ1) is 10.5. The largest absolute Gasteiger partial charge is 0.275 e. The van der Waals surface area contributed by atoms with E-state index >= 15 is 0 Å². The summed E-state index contributed by atoms with van der Waals surface area (Å²) in [4.78, 5) is 11.0. The molecule has 0 aliphatic rings. The van der Waals surface area contributed by atoms with E-state index in [1.165, 1.54) is 24.1 Å². The van der Waals surface area contributed by atoms with Gasteiger partial charge in [-0.25, -0.2) is 8.78 Å². The van der Waals surface area contributed by atoms with Crippen LogP contribution >= 0.6 is 11.6 Å². The van der Waals surface area contributed by atoms with Crippen molar-refractivity contribution in [3.05, 3.63) is 59.2 Å². The Kier molecular flexibility index (Phi) is 5.67. The molecule has 0 saturated heterocycles. The molecule has 0 spiro atoms. The molecular weight excluding hydrogens is 306 g/mol. The Bertz CT molecular complexity index is 666. The molecule has 0 aliphatic carbocycles. The van der Waals surface area contributed by atoms with Crippen LogP contribution in [-0.4, -0.2) is 5.24 Å². The molecular formula is C18H17ClF2O. The summed E-state index contributed by atoms with van der Waals surface area (Å²) in [6.07, 6.45) is 4.43. The van der Waals surface area contributed by atoms with Crippen molar-refractivity contribution in [2.75, 3.05) is 0 Å². The lowest BCUT2D eigenvalue weighted by Gasteiger charge is -2.08. The van der Waals surface area contributed by atoms with Crippen molar-refractivity contribution < 1.29 is 13.6 Å². The molecule has 4 heteroatoms. The van der Waals surface area contributed by atoms with Gasteiger partial charge in [0.2, 0.25) is 0 Å². The Morgan fingerprint density at radius 3 is 2.27 bits per heavy atom. The number of unbranched alkanes of at least 4 members (excludes halogenated alkanes) is 2. The highest BCUT2D eigenvalue weighted by Crippen LogP contribution is 2.27. The molecule has 0 N–H and O–H groups in total. The van der Waals surface area contributed by atoms with Gasteiger partial charge in [0.25, 0.3) is 5.24 Å². The van der Waals surface area contributed by atoms with Gasteiger partial charge >= 0.3 is 0 Å². The molecule has 0 fully saturated rings. The first kappa shape index (κ1) is 16.6. The number of aryl methyl sites for hydroxylation is 1. The number of rotatable bonds is 6. The lowest BCUT2D eigenvalue weighted by molar-refractivity contribution is 0.107. The summed E-state index contributed by atoms with van der Waals surface area (Å²) < 4.78 is 27.9. The third kappa shape index (κ3) is 3.72. The summed E-state index contributed by atoms with van der Waals surface area (Å²) in [7, 11) is 0. The predicted octanol–water partition coefficient (Wildman–Crippen LogP) is 5.74. The molecule has 1 nitrogen and oxygen atoms in total. The van der Waals surface area contributed by atoms with E-state index in [0.29, 0.717) is 5.56 Å². The molecule has 0 radical (unpaired) electrons. The van der Waals surface area contributed by atoms with Crippen molar-refractivity contribution in [3.63, 3.8) is 0 Å². The fraction of sp³-hybridized carbons (Fsp3) is 0.278. The number of hydrogen-bond acceptors (Lipinski definition) is 1. The van der Waals surface area contributed by atoms with E-state index in [-0.39, 0.29) is 5.56 Å². The first-order valence-corrected chi connectivity index (χ1v) is 7.69. The first-order valence-electron chi connectivity index (χ1n) is 7.31. The van der Waals surface area contributed by atoms with Gasteiger partial charge in [0, 0.05) is 5.56 Å². The van der Waals surface area contributed by atoms with Gasteiger partial charge in [-0.2, -0.15) is 0 Å². The van der Waals surface area contributed by atoms with Crippen LogP contribution in [0, 0.1) is 11.6 Å². The molecule has 116 valence electrons. The van der Waals surface area contributed by atoms with Crippen LogP contribution in [0.2, 0.25) is 0 Å². The molecule has 22 heavy (non-hydrogen) atoms.